The van der Waals surface area contributed by atoms with Crippen LogP contribution in [0.15, 0.2) is 11.3 Å². The number of amides is 1. The van der Waals surface area contributed by atoms with Crippen molar-refractivity contribution in [2.75, 3.05) is 26.2 Å². The number of esters is 1. The Balaban J connectivity index is 1.84. The van der Waals surface area contributed by atoms with Crippen LogP contribution >= 0.6 is 0 Å². The van der Waals surface area contributed by atoms with Gasteiger partial charge in [0.1, 0.15) is 6.61 Å². The Morgan fingerprint density at radius 2 is 2.05 bits per heavy atom. The van der Waals surface area contributed by atoms with Crippen LogP contribution in [0.1, 0.15) is 32.6 Å². The summed E-state index contributed by atoms with van der Waals surface area (Å²) in [7, 11) is 0. The van der Waals surface area contributed by atoms with Crippen molar-refractivity contribution in [1.29, 1.82) is 0 Å². The molecule has 0 bridgehead atoms. The number of hydrogen-bond acceptors (Lipinski definition) is 4. The highest BCUT2D eigenvalue weighted by Gasteiger charge is 2.48. The van der Waals surface area contributed by atoms with Crippen molar-refractivity contribution in [3.05, 3.63) is 11.3 Å². The average Bonchev–Trinajstić information content (AvgIpc) is 2.77. The molecule has 3 aliphatic rings. The summed E-state index contributed by atoms with van der Waals surface area (Å²) in [6.07, 6.45) is 3.81. The van der Waals surface area contributed by atoms with E-state index in [0.717, 1.165) is 51.0 Å². The normalized spacial score (nSPS) is 32.2. The van der Waals surface area contributed by atoms with E-state index in [1.165, 1.54) is 0 Å². The molecular weight excluding hydrogens is 244 g/mol. The van der Waals surface area contributed by atoms with Crippen molar-refractivity contribution in [3.8, 4) is 0 Å². The van der Waals surface area contributed by atoms with Gasteiger partial charge in [-0.15, -0.1) is 0 Å². The lowest BCUT2D eigenvalue weighted by molar-refractivity contribution is -0.137. The molecule has 0 radical (unpaired) electrons. The Morgan fingerprint density at radius 3 is 2.79 bits per heavy atom. The average molecular weight is 264 g/mol. The van der Waals surface area contributed by atoms with Crippen molar-refractivity contribution in [3.63, 3.8) is 0 Å². The molecule has 3 aliphatic heterocycles. The van der Waals surface area contributed by atoms with Gasteiger partial charge in [0, 0.05) is 6.54 Å². The van der Waals surface area contributed by atoms with E-state index in [-0.39, 0.29) is 23.9 Å². The van der Waals surface area contributed by atoms with E-state index in [2.05, 4.69) is 5.32 Å². The first kappa shape index (κ1) is 12.7. The van der Waals surface area contributed by atoms with Crippen LogP contribution in [0, 0.1) is 5.41 Å². The predicted octanol–water partition coefficient (Wildman–Crippen LogP) is 0.809. The lowest BCUT2D eigenvalue weighted by Gasteiger charge is -2.26. The van der Waals surface area contributed by atoms with Crippen LogP contribution in [-0.2, 0) is 14.3 Å². The van der Waals surface area contributed by atoms with Gasteiger partial charge in [-0.25, -0.2) is 4.79 Å². The Labute approximate surface area is 113 Å². The summed E-state index contributed by atoms with van der Waals surface area (Å²) in [5.41, 5.74) is 1.17. The number of cyclic esters (lactones) is 1. The van der Waals surface area contributed by atoms with Crippen LogP contribution in [0.25, 0.3) is 0 Å². The Bertz CT molecular complexity index is 448. The fourth-order valence-corrected chi connectivity index (χ4v) is 3.42. The topological polar surface area (TPSA) is 58.6 Å². The lowest BCUT2D eigenvalue weighted by Crippen LogP contribution is -2.35. The monoisotopic (exact) mass is 264 g/mol. The van der Waals surface area contributed by atoms with Crippen LogP contribution in [0.4, 0.5) is 0 Å². The molecule has 2 fully saturated rings. The molecule has 1 atom stereocenters. The molecule has 3 rings (SSSR count). The molecule has 0 aromatic rings. The molecule has 0 saturated carbocycles. The maximum atomic E-state index is 12.8. The molecule has 2 saturated heterocycles. The van der Waals surface area contributed by atoms with Gasteiger partial charge in [0.15, 0.2) is 0 Å². The summed E-state index contributed by atoms with van der Waals surface area (Å²) < 4.78 is 5.02. The number of carbonyl (C=O) groups is 2. The lowest BCUT2D eigenvalue weighted by atomic mass is 9.79. The molecule has 5 nitrogen and oxygen atoms in total. The predicted molar refractivity (Wildman–Crippen MR) is 69.1 cm³/mol. The second kappa shape index (κ2) is 4.63. The van der Waals surface area contributed by atoms with Gasteiger partial charge in [-0.2, -0.15) is 0 Å². The van der Waals surface area contributed by atoms with Gasteiger partial charge in [-0.05, 0) is 45.7 Å². The first-order valence-corrected chi connectivity index (χ1v) is 7.04. The smallest absolute Gasteiger partial charge is 0.336 e. The van der Waals surface area contributed by atoms with Crippen LogP contribution in [0.2, 0.25) is 0 Å². The number of ether oxygens (including phenoxy) is 1. The van der Waals surface area contributed by atoms with Crippen molar-refractivity contribution in [2.24, 2.45) is 5.41 Å². The zero-order valence-corrected chi connectivity index (χ0v) is 11.3. The van der Waals surface area contributed by atoms with Gasteiger partial charge < -0.3 is 15.0 Å². The number of likely N-dealkylation sites (tertiary alicyclic amines) is 1. The fraction of sp³-hybridized carbons (Fsp3) is 0.714. The van der Waals surface area contributed by atoms with E-state index >= 15 is 0 Å². The van der Waals surface area contributed by atoms with E-state index in [1.54, 1.807) is 11.8 Å². The van der Waals surface area contributed by atoms with Gasteiger partial charge >= 0.3 is 5.97 Å². The van der Waals surface area contributed by atoms with Crippen LogP contribution < -0.4 is 5.32 Å². The summed E-state index contributed by atoms with van der Waals surface area (Å²) in [6, 6.07) is 0. The summed E-state index contributed by atoms with van der Waals surface area (Å²) in [5, 5.41) is 3.36. The van der Waals surface area contributed by atoms with E-state index in [1.807, 2.05) is 0 Å². The quantitative estimate of drug-likeness (QED) is 0.712. The number of rotatable bonds is 1. The molecule has 19 heavy (non-hydrogen) atoms. The fourth-order valence-electron chi connectivity index (χ4n) is 3.42. The molecule has 0 unspecified atom stereocenters. The second-order valence-electron chi connectivity index (χ2n) is 5.74. The number of carbonyl (C=O) groups excluding carboxylic acids is 2. The molecule has 5 heteroatoms. The van der Waals surface area contributed by atoms with Crippen LogP contribution in [-0.4, -0.2) is 43.0 Å². The molecule has 1 amide bonds. The molecule has 3 heterocycles. The zero-order valence-electron chi connectivity index (χ0n) is 11.3. The van der Waals surface area contributed by atoms with E-state index in [9.17, 15) is 9.59 Å². The highest BCUT2D eigenvalue weighted by atomic mass is 16.5. The maximum absolute atomic E-state index is 12.8. The molecule has 104 valence electrons. The Hall–Kier alpha value is -1.36. The molecular formula is C14H20N2O3. The van der Waals surface area contributed by atoms with Gasteiger partial charge in [0.05, 0.1) is 16.7 Å². The minimum Gasteiger partial charge on any atom is -0.456 e. The first-order chi connectivity index (χ1) is 9.14. The van der Waals surface area contributed by atoms with Gasteiger partial charge in [-0.3, -0.25) is 4.79 Å². The van der Waals surface area contributed by atoms with Gasteiger partial charge in [0.2, 0.25) is 5.91 Å². The standard InChI is InChI=1S/C14H20N2O3/c1-10-11(9-19-12(10)17)16-8-5-14(13(16)18)3-2-6-15-7-4-14/h15H,2-9H2,1H3/t14-/m1/s1. The highest BCUT2D eigenvalue weighted by molar-refractivity contribution is 5.94. The van der Waals surface area contributed by atoms with Crippen molar-refractivity contribution >= 4 is 11.9 Å². The van der Waals surface area contributed by atoms with Crippen molar-refractivity contribution in [1.82, 2.24) is 10.2 Å². The largest absolute Gasteiger partial charge is 0.456 e. The highest BCUT2D eigenvalue weighted by Crippen LogP contribution is 2.42. The first-order valence-electron chi connectivity index (χ1n) is 7.04. The summed E-state index contributed by atoms with van der Waals surface area (Å²) in [6.45, 7) is 4.63. The third-order valence-electron chi connectivity index (χ3n) is 4.71. The summed E-state index contributed by atoms with van der Waals surface area (Å²) in [5.74, 6) is -0.0878. The number of nitrogens with one attached hydrogen (secondary N) is 1. The molecule has 1 spiro atoms. The van der Waals surface area contributed by atoms with Crippen molar-refractivity contribution < 1.29 is 14.3 Å². The Morgan fingerprint density at radius 1 is 1.21 bits per heavy atom. The summed E-state index contributed by atoms with van der Waals surface area (Å²) >= 11 is 0. The van der Waals surface area contributed by atoms with Gasteiger partial charge in [0.25, 0.3) is 0 Å². The third-order valence-corrected chi connectivity index (χ3v) is 4.71. The van der Waals surface area contributed by atoms with E-state index in [0.29, 0.717) is 5.57 Å². The second-order valence-corrected chi connectivity index (χ2v) is 5.74. The SMILES string of the molecule is CC1=C(N2CC[C@]3(CCCNCC3)C2=O)COC1=O. The molecule has 0 aromatic carbocycles. The minimum absolute atomic E-state index is 0.198. The number of nitrogens with zero attached hydrogens (tertiary/aromatic N) is 1. The minimum atomic E-state index is -0.286. The van der Waals surface area contributed by atoms with Gasteiger partial charge in [-0.1, -0.05) is 0 Å². The van der Waals surface area contributed by atoms with E-state index < -0.39 is 0 Å². The molecule has 0 aliphatic carbocycles. The van der Waals surface area contributed by atoms with Crippen LogP contribution in [0.3, 0.4) is 0 Å². The number of hydrogen-bond donors (Lipinski definition) is 1. The van der Waals surface area contributed by atoms with Crippen LogP contribution in [0.5, 0.6) is 0 Å². The van der Waals surface area contributed by atoms with E-state index in [4.69, 9.17) is 4.74 Å². The zero-order chi connectivity index (χ0) is 13.5. The molecule has 0 aromatic heterocycles. The summed E-state index contributed by atoms with van der Waals surface area (Å²) in [4.78, 5) is 26.0. The van der Waals surface area contributed by atoms with Crippen molar-refractivity contribution in [2.45, 2.75) is 32.6 Å². The Kier molecular flexibility index (Phi) is 3.09. The third kappa shape index (κ3) is 1.96. The maximum Gasteiger partial charge on any atom is 0.336 e. The molecule has 1 N–H and O–H groups in total.